The summed E-state index contributed by atoms with van der Waals surface area (Å²) in [7, 11) is 1.80. The molecule has 0 spiro atoms. The van der Waals surface area contributed by atoms with E-state index in [9.17, 15) is 4.79 Å². The van der Waals surface area contributed by atoms with Gasteiger partial charge in [0.15, 0.2) is 0 Å². The Labute approximate surface area is 108 Å². The minimum absolute atomic E-state index is 0.0126. The van der Waals surface area contributed by atoms with Gasteiger partial charge >= 0.3 is 0 Å². The summed E-state index contributed by atoms with van der Waals surface area (Å²) < 4.78 is 0. The number of hydrogen-bond donors (Lipinski definition) is 1. The lowest BCUT2D eigenvalue weighted by atomic mass is 10.0. The Morgan fingerprint density at radius 1 is 1.33 bits per heavy atom. The maximum absolute atomic E-state index is 11.5. The van der Waals surface area contributed by atoms with Crippen LogP contribution in [0.4, 0.5) is 0 Å². The number of carbonyl (C=O) groups is 1. The first-order chi connectivity index (χ1) is 8.70. The van der Waals surface area contributed by atoms with Crippen LogP contribution in [-0.4, -0.2) is 36.1 Å². The summed E-state index contributed by atoms with van der Waals surface area (Å²) in [5.74, 6) is 0.0126. The molecule has 0 saturated carbocycles. The van der Waals surface area contributed by atoms with Crippen LogP contribution >= 0.6 is 0 Å². The Kier molecular flexibility index (Phi) is 4.37. The third kappa shape index (κ3) is 3.10. The first-order valence-electron chi connectivity index (χ1n) is 6.66. The van der Waals surface area contributed by atoms with Crippen LogP contribution in [-0.2, 0) is 24.1 Å². The standard InChI is InChI=1S/C15H21NO2/c1-16(15(18)8-10-17)9-7-12-5-6-13-3-2-4-14(13)11-12/h5-6,11,17H,2-4,7-10H2,1H3. The molecule has 0 aromatic heterocycles. The average Bonchev–Trinajstić information content (AvgIpc) is 2.83. The summed E-state index contributed by atoms with van der Waals surface area (Å²) in [6, 6.07) is 6.69. The highest BCUT2D eigenvalue weighted by Crippen LogP contribution is 2.23. The third-order valence-corrected chi connectivity index (χ3v) is 3.65. The van der Waals surface area contributed by atoms with Crippen LogP contribution < -0.4 is 0 Å². The number of fused-ring (bicyclic) bond motifs is 1. The van der Waals surface area contributed by atoms with Gasteiger partial charge in [-0.1, -0.05) is 18.2 Å². The van der Waals surface area contributed by atoms with Gasteiger partial charge in [-0.15, -0.1) is 0 Å². The van der Waals surface area contributed by atoms with Gasteiger partial charge in [-0.25, -0.2) is 0 Å². The molecule has 0 saturated heterocycles. The number of hydrogen-bond acceptors (Lipinski definition) is 2. The second-order valence-electron chi connectivity index (χ2n) is 5.00. The summed E-state index contributed by atoms with van der Waals surface area (Å²) in [5, 5.41) is 8.73. The normalized spacial score (nSPS) is 13.4. The lowest BCUT2D eigenvalue weighted by Gasteiger charge is -2.16. The molecule has 2 rings (SSSR count). The van der Waals surface area contributed by atoms with Crippen molar-refractivity contribution >= 4 is 5.91 Å². The molecule has 1 N–H and O–H groups in total. The molecule has 1 aliphatic rings. The fourth-order valence-corrected chi connectivity index (χ4v) is 2.49. The van der Waals surface area contributed by atoms with E-state index < -0.39 is 0 Å². The predicted octanol–water partition coefficient (Wildman–Crippen LogP) is 1.56. The van der Waals surface area contributed by atoms with Crippen LogP contribution in [0.15, 0.2) is 18.2 Å². The smallest absolute Gasteiger partial charge is 0.224 e. The van der Waals surface area contributed by atoms with E-state index in [0.29, 0.717) is 0 Å². The van der Waals surface area contributed by atoms with Crippen molar-refractivity contribution in [1.29, 1.82) is 0 Å². The Morgan fingerprint density at radius 2 is 2.11 bits per heavy atom. The number of rotatable bonds is 5. The van der Waals surface area contributed by atoms with E-state index in [1.54, 1.807) is 11.9 Å². The van der Waals surface area contributed by atoms with Crippen molar-refractivity contribution in [3.8, 4) is 0 Å². The zero-order valence-electron chi connectivity index (χ0n) is 11.0. The zero-order valence-corrected chi connectivity index (χ0v) is 11.0. The fraction of sp³-hybridized carbons (Fsp3) is 0.533. The number of carbonyl (C=O) groups excluding carboxylic acids is 1. The van der Waals surface area contributed by atoms with Crippen molar-refractivity contribution in [1.82, 2.24) is 4.90 Å². The van der Waals surface area contributed by atoms with Crippen LogP contribution in [0.5, 0.6) is 0 Å². The van der Waals surface area contributed by atoms with E-state index in [-0.39, 0.29) is 18.9 Å². The first kappa shape index (κ1) is 13.1. The van der Waals surface area contributed by atoms with Crippen molar-refractivity contribution in [3.05, 3.63) is 34.9 Å². The largest absolute Gasteiger partial charge is 0.396 e. The Hall–Kier alpha value is -1.35. The van der Waals surface area contributed by atoms with Gasteiger partial charge in [0.2, 0.25) is 5.91 Å². The number of aliphatic hydroxyl groups is 1. The minimum Gasteiger partial charge on any atom is -0.396 e. The molecular weight excluding hydrogens is 226 g/mol. The lowest BCUT2D eigenvalue weighted by molar-refractivity contribution is -0.130. The molecule has 1 aromatic carbocycles. The van der Waals surface area contributed by atoms with Crippen LogP contribution in [0, 0.1) is 0 Å². The quantitative estimate of drug-likeness (QED) is 0.858. The molecule has 0 bridgehead atoms. The molecule has 0 aliphatic heterocycles. The van der Waals surface area contributed by atoms with Gasteiger partial charge in [-0.05, 0) is 42.4 Å². The maximum Gasteiger partial charge on any atom is 0.224 e. The van der Waals surface area contributed by atoms with Crippen LogP contribution in [0.2, 0.25) is 0 Å². The summed E-state index contributed by atoms with van der Waals surface area (Å²) in [6.45, 7) is 0.652. The number of amides is 1. The van der Waals surface area contributed by atoms with Gasteiger partial charge in [0.25, 0.3) is 0 Å². The van der Waals surface area contributed by atoms with Crippen LogP contribution in [0.25, 0.3) is 0 Å². The molecule has 98 valence electrons. The molecule has 1 amide bonds. The second-order valence-corrected chi connectivity index (χ2v) is 5.00. The van der Waals surface area contributed by atoms with Gasteiger partial charge in [-0.2, -0.15) is 0 Å². The van der Waals surface area contributed by atoms with Crippen molar-refractivity contribution in [2.75, 3.05) is 20.2 Å². The van der Waals surface area contributed by atoms with E-state index in [1.807, 2.05) is 0 Å². The summed E-state index contributed by atoms with van der Waals surface area (Å²) in [5.41, 5.74) is 4.28. The highest BCUT2D eigenvalue weighted by molar-refractivity contribution is 5.75. The maximum atomic E-state index is 11.5. The second kappa shape index (κ2) is 6.01. The fourth-order valence-electron chi connectivity index (χ4n) is 2.49. The van der Waals surface area contributed by atoms with Gasteiger partial charge in [0.1, 0.15) is 0 Å². The summed E-state index contributed by atoms with van der Waals surface area (Å²) in [6.07, 6.45) is 4.79. The number of aryl methyl sites for hydroxylation is 2. The van der Waals surface area contributed by atoms with E-state index in [1.165, 1.54) is 36.0 Å². The van der Waals surface area contributed by atoms with E-state index in [4.69, 9.17) is 5.11 Å². The monoisotopic (exact) mass is 247 g/mol. The molecule has 18 heavy (non-hydrogen) atoms. The van der Waals surface area contributed by atoms with Gasteiger partial charge < -0.3 is 10.0 Å². The molecule has 3 heteroatoms. The molecule has 1 aliphatic carbocycles. The van der Waals surface area contributed by atoms with Crippen molar-refractivity contribution in [2.45, 2.75) is 32.1 Å². The number of benzene rings is 1. The highest BCUT2D eigenvalue weighted by atomic mass is 16.3. The van der Waals surface area contributed by atoms with E-state index >= 15 is 0 Å². The highest BCUT2D eigenvalue weighted by Gasteiger charge is 2.12. The lowest BCUT2D eigenvalue weighted by Crippen LogP contribution is -2.29. The molecule has 0 heterocycles. The van der Waals surface area contributed by atoms with Crippen molar-refractivity contribution < 1.29 is 9.90 Å². The molecule has 3 nitrogen and oxygen atoms in total. The van der Waals surface area contributed by atoms with Crippen molar-refractivity contribution in [2.24, 2.45) is 0 Å². The van der Waals surface area contributed by atoms with Gasteiger partial charge in [0, 0.05) is 20.0 Å². The minimum atomic E-state index is -0.0674. The van der Waals surface area contributed by atoms with Gasteiger partial charge in [-0.3, -0.25) is 4.79 Å². The number of aliphatic hydroxyl groups excluding tert-OH is 1. The SMILES string of the molecule is CN(CCc1ccc2c(c1)CCC2)C(=O)CCO. The molecule has 0 fully saturated rings. The predicted molar refractivity (Wildman–Crippen MR) is 71.5 cm³/mol. The molecular formula is C15H21NO2. The molecule has 0 radical (unpaired) electrons. The van der Waals surface area contributed by atoms with E-state index in [2.05, 4.69) is 18.2 Å². The zero-order chi connectivity index (χ0) is 13.0. The summed E-state index contributed by atoms with van der Waals surface area (Å²) >= 11 is 0. The number of nitrogens with zero attached hydrogens (tertiary/aromatic N) is 1. The molecule has 0 atom stereocenters. The Balaban J connectivity index is 1.88. The third-order valence-electron chi connectivity index (χ3n) is 3.65. The molecule has 1 aromatic rings. The van der Waals surface area contributed by atoms with Crippen molar-refractivity contribution in [3.63, 3.8) is 0 Å². The first-order valence-corrected chi connectivity index (χ1v) is 6.66. The van der Waals surface area contributed by atoms with Crippen LogP contribution in [0.3, 0.4) is 0 Å². The molecule has 0 unspecified atom stereocenters. The topological polar surface area (TPSA) is 40.5 Å². The Morgan fingerprint density at radius 3 is 2.89 bits per heavy atom. The average molecular weight is 247 g/mol. The van der Waals surface area contributed by atoms with Gasteiger partial charge in [0.05, 0.1) is 6.61 Å². The van der Waals surface area contributed by atoms with E-state index in [0.717, 1.165) is 13.0 Å². The summed E-state index contributed by atoms with van der Waals surface area (Å²) in [4.78, 5) is 13.2. The van der Waals surface area contributed by atoms with Crippen LogP contribution in [0.1, 0.15) is 29.5 Å². The number of likely N-dealkylation sites (N-methyl/N-ethyl adjacent to an activating group) is 1. The Bertz CT molecular complexity index is 429.